The van der Waals surface area contributed by atoms with Crippen LogP contribution < -0.4 is 10.6 Å². The van der Waals surface area contributed by atoms with Crippen LogP contribution >= 0.6 is 12.2 Å². The number of hydrogen-bond donors (Lipinski definition) is 2. The highest BCUT2D eigenvalue weighted by Crippen LogP contribution is 2.25. The van der Waals surface area contributed by atoms with Gasteiger partial charge >= 0.3 is 0 Å². The number of hydrogen-bond acceptors (Lipinski definition) is 5. The lowest BCUT2D eigenvalue weighted by molar-refractivity contribution is 0.0873. The third-order valence-corrected chi connectivity index (χ3v) is 3.54. The lowest BCUT2D eigenvalue weighted by atomic mass is 10.0. The van der Waals surface area contributed by atoms with E-state index in [1.54, 1.807) is 13.8 Å². The molecule has 21 heavy (non-hydrogen) atoms. The van der Waals surface area contributed by atoms with Gasteiger partial charge in [0.15, 0.2) is 5.82 Å². The summed E-state index contributed by atoms with van der Waals surface area (Å²) in [6, 6.07) is 0. The van der Waals surface area contributed by atoms with Crippen molar-refractivity contribution in [3.05, 3.63) is 16.8 Å². The van der Waals surface area contributed by atoms with Gasteiger partial charge < -0.3 is 15.7 Å². The maximum atomic E-state index is 10.1. The molecule has 118 valence electrons. The van der Waals surface area contributed by atoms with E-state index >= 15 is 0 Å². The van der Waals surface area contributed by atoms with Gasteiger partial charge in [-0.05, 0) is 39.2 Å². The Bertz CT molecular complexity index is 511. The van der Waals surface area contributed by atoms with Crippen LogP contribution in [0.25, 0.3) is 0 Å². The number of anilines is 1. The van der Waals surface area contributed by atoms with Gasteiger partial charge in [0.2, 0.25) is 0 Å². The molecule has 0 radical (unpaired) electrons. The number of thiocarbonyl (C=S) groups is 1. The molecule has 0 bridgehead atoms. The van der Waals surface area contributed by atoms with E-state index in [-0.39, 0.29) is 0 Å². The number of rotatable bonds is 7. The molecular weight excluding hydrogens is 284 g/mol. The zero-order valence-corrected chi connectivity index (χ0v) is 14.4. The van der Waals surface area contributed by atoms with E-state index in [9.17, 15) is 5.11 Å². The van der Waals surface area contributed by atoms with E-state index in [0.717, 1.165) is 29.7 Å². The average molecular weight is 310 g/mol. The fourth-order valence-electron chi connectivity index (χ4n) is 2.45. The van der Waals surface area contributed by atoms with Crippen molar-refractivity contribution in [1.29, 1.82) is 0 Å². The minimum Gasteiger partial charge on any atom is -0.389 e. The average Bonchev–Trinajstić information content (AvgIpc) is 2.41. The molecular formula is C15H26N4OS. The smallest absolute Gasteiger partial charge is 0.161 e. The van der Waals surface area contributed by atoms with Gasteiger partial charge in [0.1, 0.15) is 4.99 Å². The summed E-state index contributed by atoms with van der Waals surface area (Å²) in [5.74, 6) is 0.668. The second-order valence-corrected chi connectivity index (χ2v) is 6.16. The van der Waals surface area contributed by atoms with E-state index in [1.807, 2.05) is 18.7 Å². The molecule has 0 aliphatic rings. The topological polar surface area (TPSA) is 75.3 Å². The van der Waals surface area contributed by atoms with Gasteiger partial charge in [0.05, 0.1) is 16.9 Å². The Kier molecular flexibility index (Phi) is 6.04. The van der Waals surface area contributed by atoms with Crippen LogP contribution in [0, 0.1) is 0 Å². The first-order chi connectivity index (χ1) is 9.75. The van der Waals surface area contributed by atoms with Crippen molar-refractivity contribution >= 4 is 23.0 Å². The molecule has 1 aromatic rings. The Hall–Kier alpha value is -1.27. The summed E-state index contributed by atoms with van der Waals surface area (Å²) in [6.07, 6.45) is 1.60. The van der Waals surface area contributed by atoms with Crippen LogP contribution in [0.1, 0.15) is 51.4 Å². The minimum absolute atomic E-state index is 0.334. The number of nitrogens with zero attached hydrogens (tertiary/aromatic N) is 3. The van der Waals surface area contributed by atoms with Crippen LogP contribution in [0.5, 0.6) is 0 Å². The number of aryl methyl sites for hydroxylation is 1. The highest BCUT2D eigenvalue weighted by atomic mass is 32.1. The molecule has 0 amide bonds. The molecule has 1 heterocycles. The molecule has 0 spiro atoms. The van der Waals surface area contributed by atoms with Crippen LogP contribution in [0.15, 0.2) is 0 Å². The molecule has 1 aromatic heterocycles. The lowest BCUT2D eigenvalue weighted by Crippen LogP contribution is -2.40. The van der Waals surface area contributed by atoms with Crippen LogP contribution in [0.3, 0.4) is 0 Å². The van der Waals surface area contributed by atoms with Crippen molar-refractivity contribution in [2.75, 3.05) is 18.0 Å². The Morgan fingerprint density at radius 3 is 2.24 bits per heavy atom. The zero-order valence-electron chi connectivity index (χ0n) is 13.6. The van der Waals surface area contributed by atoms with Crippen molar-refractivity contribution in [2.45, 2.75) is 53.1 Å². The summed E-state index contributed by atoms with van der Waals surface area (Å²) in [6.45, 7) is 10.8. The summed E-state index contributed by atoms with van der Waals surface area (Å²) >= 11 is 5.24. The van der Waals surface area contributed by atoms with E-state index in [1.165, 1.54) is 0 Å². The summed E-state index contributed by atoms with van der Waals surface area (Å²) in [7, 11) is 0. The molecule has 0 unspecified atom stereocenters. The molecule has 1 rings (SSSR count). The highest BCUT2D eigenvalue weighted by molar-refractivity contribution is 7.80. The highest BCUT2D eigenvalue weighted by Gasteiger charge is 2.24. The largest absolute Gasteiger partial charge is 0.389 e. The van der Waals surface area contributed by atoms with Gasteiger partial charge in [0.25, 0.3) is 0 Å². The van der Waals surface area contributed by atoms with Gasteiger partial charge in [-0.2, -0.15) is 5.10 Å². The van der Waals surface area contributed by atoms with E-state index < -0.39 is 5.60 Å². The predicted molar refractivity (Wildman–Crippen MR) is 90.9 cm³/mol. The SMILES string of the molecule is CCc1nnc(N(CC)CC(C)(C)O)c(C(N)=S)c1CC. The van der Waals surface area contributed by atoms with Crippen LogP contribution in [-0.2, 0) is 12.8 Å². The number of aliphatic hydroxyl groups is 1. The molecule has 0 saturated heterocycles. The van der Waals surface area contributed by atoms with Gasteiger partial charge in [-0.1, -0.05) is 26.1 Å². The molecule has 0 atom stereocenters. The first kappa shape index (κ1) is 17.8. The molecule has 3 N–H and O–H groups in total. The van der Waals surface area contributed by atoms with E-state index in [4.69, 9.17) is 18.0 Å². The molecule has 0 saturated carbocycles. The molecule has 0 aromatic carbocycles. The van der Waals surface area contributed by atoms with Crippen molar-refractivity contribution in [3.8, 4) is 0 Å². The summed E-state index contributed by atoms with van der Waals surface area (Å²) in [5, 5.41) is 18.7. The second-order valence-electron chi connectivity index (χ2n) is 5.72. The van der Waals surface area contributed by atoms with Gasteiger partial charge in [-0.25, -0.2) is 0 Å². The zero-order chi connectivity index (χ0) is 16.2. The van der Waals surface area contributed by atoms with Crippen LogP contribution in [0.2, 0.25) is 0 Å². The number of aromatic nitrogens is 2. The minimum atomic E-state index is -0.832. The summed E-state index contributed by atoms with van der Waals surface area (Å²) < 4.78 is 0. The van der Waals surface area contributed by atoms with Gasteiger partial charge in [-0.3, -0.25) is 0 Å². The van der Waals surface area contributed by atoms with Crippen molar-refractivity contribution in [1.82, 2.24) is 10.2 Å². The van der Waals surface area contributed by atoms with Crippen LogP contribution in [-0.4, -0.2) is 39.0 Å². The van der Waals surface area contributed by atoms with E-state index in [0.29, 0.717) is 23.9 Å². The molecule has 5 nitrogen and oxygen atoms in total. The number of nitrogens with two attached hydrogens (primary N) is 1. The molecule has 0 aliphatic carbocycles. The van der Waals surface area contributed by atoms with E-state index in [2.05, 4.69) is 17.1 Å². The third kappa shape index (κ3) is 4.35. The van der Waals surface area contributed by atoms with Gasteiger partial charge in [0, 0.05) is 13.1 Å². The monoisotopic (exact) mass is 310 g/mol. The normalized spacial score (nSPS) is 11.5. The standard InChI is InChI=1S/C15H26N4OS/c1-6-10-11(7-2)17-18-14(12(10)13(16)21)19(8-3)9-15(4,5)20/h20H,6-9H2,1-5H3,(H2,16,21). The molecule has 0 fully saturated rings. The molecule has 0 aliphatic heterocycles. The molecule has 6 heteroatoms. The fourth-order valence-corrected chi connectivity index (χ4v) is 2.66. The number of likely N-dealkylation sites (N-methyl/N-ethyl adjacent to an activating group) is 1. The Morgan fingerprint density at radius 2 is 1.86 bits per heavy atom. The fraction of sp³-hybridized carbons (Fsp3) is 0.667. The van der Waals surface area contributed by atoms with Crippen LogP contribution in [0.4, 0.5) is 5.82 Å². The Balaban J connectivity index is 3.43. The second kappa shape index (κ2) is 7.13. The van der Waals surface area contributed by atoms with Crippen molar-refractivity contribution in [2.24, 2.45) is 5.73 Å². The first-order valence-electron chi connectivity index (χ1n) is 7.40. The maximum absolute atomic E-state index is 10.1. The third-order valence-electron chi connectivity index (χ3n) is 3.33. The lowest BCUT2D eigenvalue weighted by Gasteiger charge is -2.30. The van der Waals surface area contributed by atoms with Gasteiger partial charge in [-0.15, -0.1) is 5.10 Å². The van der Waals surface area contributed by atoms with Crippen molar-refractivity contribution in [3.63, 3.8) is 0 Å². The summed E-state index contributed by atoms with van der Waals surface area (Å²) in [4.78, 5) is 2.31. The summed E-state index contributed by atoms with van der Waals surface area (Å²) in [5.41, 5.74) is 7.90. The van der Waals surface area contributed by atoms with Crippen molar-refractivity contribution < 1.29 is 5.11 Å². The Morgan fingerprint density at radius 1 is 1.24 bits per heavy atom. The predicted octanol–water partition coefficient (Wildman–Crippen LogP) is 1.83. The quantitative estimate of drug-likeness (QED) is 0.748. The maximum Gasteiger partial charge on any atom is 0.161 e. The Labute approximate surface area is 132 Å². The first-order valence-corrected chi connectivity index (χ1v) is 7.81.